The Bertz CT molecular complexity index is 871. The molecule has 0 bridgehead atoms. The third-order valence-electron chi connectivity index (χ3n) is 4.04. The van der Waals surface area contributed by atoms with Crippen molar-refractivity contribution in [3.8, 4) is 11.5 Å². The molecule has 0 unspecified atom stereocenters. The van der Waals surface area contributed by atoms with Crippen molar-refractivity contribution in [1.82, 2.24) is 0 Å². The Kier molecular flexibility index (Phi) is 5.54. The number of rotatable bonds is 6. The van der Waals surface area contributed by atoms with Gasteiger partial charge in [0.15, 0.2) is 5.75 Å². The predicted octanol–water partition coefficient (Wildman–Crippen LogP) is 5.15. The largest absolute Gasteiger partial charge is 0.455 e. The van der Waals surface area contributed by atoms with Gasteiger partial charge in [-0.25, -0.2) is 0 Å². The highest BCUT2D eigenvalue weighted by molar-refractivity contribution is 5.95. The number of amides is 1. The van der Waals surface area contributed by atoms with Crippen LogP contribution in [0.1, 0.15) is 11.1 Å². The predicted molar refractivity (Wildman–Crippen MR) is 106 cm³/mol. The van der Waals surface area contributed by atoms with Crippen molar-refractivity contribution < 1.29 is 9.53 Å². The monoisotopic (exact) mass is 346 g/mol. The molecular formula is C22H22N2O2. The minimum atomic E-state index is -0.100. The van der Waals surface area contributed by atoms with Gasteiger partial charge in [0.2, 0.25) is 5.91 Å². The summed E-state index contributed by atoms with van der Waals surface area (Å²) in [6.45, 7) is 4.13. The van der Waals surface area contributed by atoms with Gasteiger partial charge in [0.25, 0.3) is 0 Å². The highest BCUT2D eigenvalue weighted by Crippen LogP contribution is 2.29. The van der Waals surface area contributed by atoms with Crippen LogP contribution in [-0.4, -0.2) is 12.5 Å². The van der Waals surface area contributed by atoms with Crippen LogP contribution in [0.15, 0.2) is 72.8 Å². The van der Waals surface area contributed by atoms with Gasteiger partial charge in [0, 0.05) is 5.69 Å². The van der Waals surface area contributed by atoms with Crippen LogP contribution >= 0.6 is 0 Å². The fourth-order valence-electron chi connectivity index (χ4n) is 2.69. The standard InChI is InChI=1S/C22H22N2O2/c1-16-9-8-10-17(2)22(16)24-21(25)15-23-19-13-6-7-14-20(19)26-18-11-4-3-5-12-18/h3-14,23H,15H2,1-2H3,(H,24,25). The molecule has 26 heavy (non-hydrogen) atoms. The second-order valence-corrected chi connectivity index (χ2v) is 6.08. The number of hydrogen-bond donors (Lipinski definition) is 2. The summed E-state index contributed by atoms with van der Waals surface area (Å²) in [6, 6.07) is 23.1. The van der Waals surface area contributed by atoms with E-state index in [1.807, 2.05) is 86.6 Å². The van der Waals surface area contributed by atoms with Gasteiger partial charge < -0.3 is 15.4 Å². The number of aryl methyl sites for hydroxylation is 2. The molecule has 0 aliphatic heterocycles. The van der Waals surface area contributed by atoms with Gasteiger partial charge in [0.05, 0.1) is 12.2 Å². The molecule has 0 aliphatic carbocycles. The summed E-state index contributed by atoms with van der Waals surface area (Å²) in [4.78, 5) is 12.3. The molecule has 0 saturated carbocycles. The second kappa shape index (κ2) is 8.21. The van der Waals surface area contributed by atoms with Crippen LogP contribution in [0.2, 0.25) is 0 Å². The van der Waals surface area contributed by atoms with Crippen molar-refractivity contribution in [3.63, 3.8) is 0 Å². The Morgan fingerprint density at radius 2 is 1.50 bits per heavy atom. The van der Waals surface area contributed by atoms with E-state index >= 15 is 0 Å². The lowest BCUT2D eigenvalue weighted by Crippen LogP contribution is -2.22. The Morgan fingerprint density at radius 1 is 0.846 bits per heavy atom. The van der Waals surface area contributed by atoms with Crippen molar-refractivity contribution in [2.75, 3.05) is 17.2 Å². The van der Waals surface area contributed by atoms with Gasteiger partial charge in [-0.3, -0.25) is 4.79 Å². The van der Waals surface area contributed by atoms with E-state index in [4.69, 9.17) is 4.74 Å². The molecule has 0 fully saturated rings. The van der Waals surface area contributed by atoms with E-state index in [0.29, 0.717) is 5.75 Å². The van der Waals surface area contributed by atoms with Crippen LogP contribution in [0, 0.1) is 13.8 Å². The molecule has 3 aromatic carbocycles. The maximum absolute atomic E-state index is 12.3. The van der Waals surface area contributed by atoms with Gasteiger partial charge >= 0.3 is 0 Å². The topological polar surface area (TPSA) is 50.4 Å². The Hall–Kier alpha value is -3.27. The molecule has 0 spiro atoms. The van der Waals surface area contributed by atoms with Crippen LogP contribution in [0.4, 0.5) is 11.4 Å². The first-order valence-corrected chi connectivity index (χ1v) is 8.55. The molecule has 0 atom stereocenters. The summed E-state index contributed by atoms with van der Waals surface area (Å²) >= 11 is 0. The second-order valence-electron chi connectivity index (χ2n) is 6.08. The lowest BCUT2D eigenvalue weighted by atomic mass is 10.1. The molecular weight excluding hydrogens is 324 g/mol. The van der Waals surface area contributed by atoms with E-state index in [-0.39, 0.29) is 12.5 Å². The first-order chi connectivity index (χ1) is 12.6. The normalized spacial score (nSPS) is 10.2. The number of carbonyl (C=O) groups is 1. The van der Waals surface area contributed by atoms with Crippen LogP contribution in [-0.2, 0) is 4.79 Å². The highest BCUT2D eigenvalue weighted by Gasteiger charge is 2.09. The first-order valence-electron chi connectivity index (χ1n) is 8.55. The Morgan fingerprint density at radius 3 is 2.23 bits per heavy atom. The van der Waals surface area contributed by atoms with Crippen LogP contribution < -0.4 is 15.4 Å². The molecule has 0 radical (unpaired) electrons. The number of nitrogens with one attached hydrogen (secondary N) is 2. The van der Waals surface area contributed by atoms with E-state index in [2.05, 4.69) is 10.6 Å². The minimum absolute atomic E-state index is 0.100. The number of benzene rings is 3. The maximum Gasteiger partial charge on any atom is 0.243 e. The number of anilines is 2. The molecule has 0 saturated heterocycles. The van der Waals surface area contributed by atoms with Crippen LogP contribution in [0.25, 0.3) is 0 Å². The van der Waals surface area contributed by atoms with Crippen molar-refractivity contribution in [2.24, 2.45) is 0 Å². The van der Waals surface area contributed by atoms with E-state index < -0.39 is 0 Å². The number of ether oxygens (including phenoxy) is 1. The van der Waals surface area contributed by atoms with E-state index in [1.165, 1.54) is 0 Å². The molecule has 0 heterocycles. The molecule has 3 rings (SSSR count). The van der Waals surface area contributed by atoms with Gasteiger partial charge in [-0.15, -0.1) is 0 Å². The van der Waals surface area contributed by atoms with Crippen molar-refractivity contribution in [3.05, 3.63) is 83.9 Å². The SMILES string of the molecule is Cc1cccc(C)c1NC(=O)CNc1ccccc1Oc1ccccc1. The summed E-state index contributed by atoms with van der Waals surface area (Å²) < 4.78 is 5.90. The molecule has 4 nitrogen and oxygen atoms in total. The minimum Gasteiger partial charge on any atom is -0.455 e. The third-order valence-corrected chi connectivity index (χ3v) is 4.04. The third kappa shape index (κ3) is 4.42. The van der Waals surface area contributed by atoms with Gasteiger partial charge in [0.1, 0.15) is 5.75 Å². The Balaban J connectivity index is 1.65. The molecule has 4 heteroatoms. The van der Waals surface area contributed by atoms with E-state index in [1.54, 1.807) is 0 Å². The number of hydrogen-bond acceptors (Lipinski definition) is 3. The van der Waals surface area contributed by atoms with E-state index in [0.717, 1.165) is 28.3 Å². The molecule has 132 valence electrons. The highest BCUT2D eigenvalue weighted by atomic mass is 16.5. The number of carbonyl (C=O) groups excluding carboxylic acids is 1. The average Bonchev–Trinajstić information content (AvgIpc) is 2.65. The zero-order valence-electron chi connectivity index (χ0n) is 15.0. The average molecular weight is 346 g/mol. The van der Waals surface area contributed by atoms with Crippen molar-refractivity contribution in [2.45, 2.75) is 13.8 Å². The zero-order chi connectivity index (χ0) is 18.4. The quantitative estimate of drug-likeness (QED) is 0.649. The van der Waals surface area contributed by atoms with Crippen LogP contribution in [0.3, 0.4) is 0 Å². The lowest BCUT2D eigenvalue weighted by Gasteiger charge is -2.14. The number of para-hydroxylation sites is 4. The van der Waals surface area contributed by atoms with Crippen molar-refractivity contribution >= 4 is 17.3 Å². The molecule has 3 aromatic rings. The smallest absolute Gasteiger partial charge is 0.243 e. The first kappa shape index (κ1) is 17.5. The van der Waals surface area contributed by atoms with E-state index in [9.17, 15) is 4.79 Å². The maximum atomic E-state index is 12.3. The van der Waals surface area contributed by atoms with Crippen molar-refractivity contribution in [1.29, 1.82) is 0 Å². The fraction of sp³-hybridized carbons (Fsp3) is 0.136. The summed E-state index contributed by atoms with van der Waals surface area (Å²) in [5, 5.41) is 6.13. The molecule has 1 amide bonds. The summed E-state index contributed by atoms with van der Waals surface area (Å²) in [5.74, 6) is 1.33. The summed E-state index contributed by atoms with van der Waals surface area (Å²) in [5.41, 5.74) is 3.73. The Labute approximate surface area is 153 Å². The summed E-state index contributed by atoms with van der Waals surface area (Å²) in [6.07, 6.45) is 0. The van der Waals surface area contributed by atoms with Gasteiger partial charge in [-0.05, 0) is 49.2 Å². The molecule has 0 aromatic heterocycles. The van der Waals surface area contributed by atoms with Gasteiger partial charge in [-0.1, -0.05) is 48.5 Å². The fourth-order valence-corrected chi connectivity index (χ4v) is 2.69. The summed E-state index contributed by atoms with van der Waals surface area (Å²) in [7, 11) is 0. The molecule has 0 aliphatic rings. The molecule has 2 N–H and O–H groups in total. The van der Waals surface area contributed by atoms with Crippen LogP contribution in [0.5, 0.6) is 11.5 Å². The zero-order valence-corrected chi connectivity index (χ0v) is 15.0. The lowest BCUT2D eigenvalue weighted by molar-refractivity contribution is -0.114. The van der Waals surface area contributed by atoms with Gasteiger partial charge in [-0.2, -0.15) is 0 Å².